The van der Waals surface area contributed by atoms with Crippen molar-refractivity contribution in [3.05, 3.63) is 56.2 Å². The van der Waals surface area contributed by atoms with Gasteiger partial charge in [-0.3, -0.25) is 9.98 Å². The van der Waals surface area contributed by atoms with Crippen molar-refractivity contribution in [3.63, 3.8) is 0 Å². The SMILES string of the molecule is NC1=NCC(c2ncc(Br)cc2Br)N1c1ccccc1Cl. The van der Waals surface area contributed by atoms with Crippen LogP contribution in [0.4, 0.5) is 5.69 Å². The number of para-hydroxylation sites is 1. The second-order valence-corrected chi connectivity index (χ2v) is 6.73. The van der Waals surface area contributed by atoms with Gasteiger partial charge in [0.2, 0.25) is 0 Å². The quantitative estimate of drug-likeness (QED) is 0.779. The molecule has 21 heavy (non-hydrogen) atoms. The Kier molecular flexibility index (Phi) is 4.19. The zero-order valence-electron chi connectivity index (χ0n) is 10.8. The molecule has 0 radical (unpaired) electrons. The number of benzene rings is 1. The largest absolute Gasteiger partial charge is 0.369 e. The molecule has 1 aromatic heterocycles. The smallest absolute Gasteiger partial charge is 0.196 e. The number of aliphatic imine (C=N–C) groups is 1. The number of nitrogens with zero attached hydrogens (tertiary/aromatic N) is 3. The summed E-state index contributed by atoms with van der Waals surface area (Å²) in [6, 6.07) is 9.46. The van der Waals surface area contributed by atoms with Gasteiger partial charge in [0, 0.05) is 15.1 Å². The number of pyridine rings is 1. The maximum atomic E-state index is 6.30. The van der Waals surface area contributed by atoms with Crippen LogP contribution in [0.3, 0.4) is 0 Å². The van der Waals surface area contributed by atoms with Gasteiger partial charge in [0.05, 0.1) is 29.0 Å². The lowest BCUT2D eigenvalue weighted by Gasteiger charge is -2.27. The molecule has 0 fully saturated rings. The lowest BCUT2D eigenvalue weighted by molar-refractivity contribution is 0.734. The van der Waals surface area contributed by atoms with E-state index in [1.165, 1.54) is 0 Å². The van der Waals surface area contributed by atoms with Gasteiger partial charge < -0.3 is 10.6 Å². The Hall–Kier alpha value is -1.11. The molecule has 2 heterocycles. The highest BCUT2D eigenvalue weighted by Gasteiger charge is 2.32. The van der Waals surface area contributed by atoms with Gasteiger partial charge in [-0.05, 0) is 50.1 Å². The van der Waals surface area contributed by atoms with Gasteiger partial charge in [0.15, 0.2) is 5.96 Å². The summed E-state index contributed by atoms with van der Waals surface area (Å²) in [6.07, 6.45) is 1.76. The Morgan fingerprint density at radius 2 is 2.05 bits per heavy atom. The van der Waals surface area contributed by atoms with Crippen molar-refractivity contribution in [2.45, 2.75) is 6.04 Å². The maximum absolute atomic E-state index is 6.30. The summed E-state index contributed by atoms with van der Waals surface area (Å²) in [4.78, 5) is 10.8. The topological polar surface area (TPSA) is 54.5 Å². The molecule has 1 aromatic carbocycles. The zero-order chi connectivity index (χ0) is 15.0. The van der Waals surface area contributed by atoms with Crippen LogP contribution in [0.15, 0.2) is 50.5 Å². The van der Waals surface area contributed by atoms with E-state index in [0.717, 1.165) is 20.3 Å². The Balaban J connectivity index is 2.05. The number of guanidine groups is 1. The number of rotatable bonds is 2. The molecule has 0 aliphatic carbocycles. The molecule has 2 aromatic rings. The Morgan fingerprint density at radius 1 is 1.29 bits per heavy atom. The molecular formula is C14H11Br2ClN4. The van der Waals surface area contributed by atoms with Gasteiger partial charge in [0.25, 0.3) is 0 Å². The molecule has 2 N–H and O–H groups in total. The van der Waals surface area contributed by atoms with E-state index in [9.17, 15) is 0 Å². The van der Waals surface area contributed by atoms with Crippen molar-refractivity contribution < 1.29 is 0 Å². The van der Waals surface area contributed by atoms with Crippen LogP contribution in [0.2, 0.25) is 5.02 Å². The van der Waals surface area contributed by atoms with Crippen LogP contribution in [0.1, 0.15) is 11.7 Å². The summed E-state index contributed by atoms with van der Waals surface area (Å²) in [5, 5.41) is 0.635. The molecule has 0 saturated carbocycles. The molecular weight excluding hydrogens is 419 g/mol. The normalized spacial score (nSPS) is 18.0. The summed E-state index contributed by atoms with van der Waals surface area (Å²) in [7, 11) is 0. The van der Waals surface area contributed by atoms with Crippen LogP contribution in [0.5, 0.6) is 0 Å². The van der Waals surface area contributed by atoms with Gasteiger partial charge in [-0.15, -0.1) is 0 Å². The Morgan fingerprint density at radius 3 is 2.76 bits per heavy atom. The monoisotopic (exact) mass is 428 g/mol. The fourth-order valence-corrected chi connectivity index (χ4v) is 3.79. The molecule has 0 amide bonds. The molecule has 1 aliphatic rings. The molecule has 3 rings (SSSR count). The van der Waals surface area contributed by atoms with Crippen LogP contribution in [0.25, 0.3) is 0 Å². The summed E-state index contributed by atoms with van der Waals surface area (Å²) >= 11 is 13.3. The van der Waals surface area contributed by atoms with Crippen molar-refractivity contribution in [1.82, 2.24) is 4.98 Å². The summed E-state index contributed by atoms with van der Waals surface area (Å²) < 4.78 is 1.82. The highest BCUT2D eigenvalue weighted by Crippen LogP contribution is 2.37. The highest BCUT2D eigenvalue weighted by molar-refractivity contribution is 9.11. The summed E-state index contributed by atoms with van der Waals surface area (Å²) in [6.45, 7) is 0.546. The van der Waals surface area contributed by atoms with Gasteiger partial charge >= 0.3 is 0 Å². The third-order valence-electron chi connectivity index (χ3n) is 3.25. The maximum Gasteiger partial charge on any atom is 0.196 e. The Bertz CT molecular complexity index is 720. The average molecular weight is 431 g/mol. The van der Waals surface area contributed by atoms with Crippen LogP contribution in [0, 0.1) is 0 Å². The van der Waals surface area contributed by atoms with Crippen molar-refractivity contribution in [1.29, 1.82) is 0 Å². The first kappa shape index (κ1) is 14.8. The number of aromatic nitrogens is 1. The van der Waals surface area contributed by atoms with E-state index in [2.05, 4.69) is 41.8 Å². The van der Waals surface area contributed by atoms with Crippen molar-refractivity contribution in [2.24, 2.45) is 10.7 Å². The third kappa shape index (κ3) is 2.80. The van der Waals surface area contributed by atoms with E-state index in [0.29, 0.717) is 17.5 Å². The minimum Gasteiger partial charge on any atom is -0.369 e. The standard InChI is InChI=1S/C14H11Br2ClN4/c15-8-5-9(16)13(19-6-8)12-7-20-14(18)21(12)11-4-2-1-3-10(11)17/h1-6,12H,7H2,(H2,18,20). The number of hydrogen-bond donors (Lipinski definition) is 1. The first-order chi connectivity index (χ1) is 10.1. The molecule has 0 bridgehead atoms. The fraction of sp³-hybridized carbons (Fsp3) is 0.143. The number of halogens is 3. The Labute approximate surface area is 144 Å². The second kappa shape index (κ2) is 5.94. The van der Waals surface area contributed by atoms with Gasteiger partial charge in [-0.25, -0.2) is 0 Å². The first-order valence-electron chi connectivity index (χ1n) is 6.22. The number of nitrogens with two attached hydrogens (primary N) is 1. The van der Waals surface area contributed by atoms with Crippen molar-refractivity contribution in [3.8, 4) is 0 Å². The van der Waals surface area contributed by atoms with Crippen LogP contribution < -0.4 is 10.6 Å². The fourth-order valence-electron chi connectivity index (χ4n) is 2.31. The van der Waals surface area contributed by atoms with Crippen LogP contribution in [-0.4, -0.2) is 17.5 Å². The predicted octanol–water partition coefficient (Wildman–Crippen LogP) is 4.14. The van der Waals surface area contributed by atoms with Crippen molar-refractivity contribution >= 4 is 55.1 Å². The minimum atomic E-state index is -0.0765. The van der Waals surface area contributed by atoms with E-state index >= 15 is 0 Å². The van der Waals surface area contributed by atoms with Gasteiger partial charge in [-0.1, -0.05) is 23.7 Å². The molecule has 108 valence electrons. The molecule has 0 spiro atoms. The highest BCUT2D eigenvalue weighted by atomic mass is 79.9. The van der Waals surface area contributed by atoms with E-state index in [1.54, 1.807) is 6.20 Å². The lowest BCUT2D eigenvalue weighted by Crippen LogP contribution is -2.36. The third-order valence-corrected chi connectivity index (χ3v) is 4.64. The lowest BCUT2D eigenvalue weighted by atomic mass is 10.1. The number of hydrogen-bond acceptors (Lipinski definition) is 4. The van der Waals surface area contributed by atoms with Gasteiger partial charge in [-0.2, -0.15) is 0 Å². The molecule has 1 unspecified atom stereocenters. The first-order valence-corrected chi connectivity index (χ1v) is 8.19. The molecule has 7 heteroatoms. The van der Waals surface area contributed by atoms with E-state index < -0.39 is 0 Å². The number of anilines is 1. The average Bonchev–Trinajstić information content (AvgIpc) is 2.81. The van der Waals surface area contributed by atoms with Gasteiger partial charge in [0.1, 0.15) is 0 Å². The summed E-state index contributed by atoms with van der Waals surface area (Å²) in [5.41, 5.74) is 7.76. The molecule has 0 saturated heterocycles. The second-order valence-electron chi connectivity index (χ2n) is 4.56. The van der Waals surface area contributed by atoms with Crippen LogP contribution in [-0.2, 0) is 0 Å². The predicted molar refractivity (Wildman–Crippen MR) is 92.8 cm³/mol. The molecule has 1 atom stereocenters. The van der Waals surface area contributed by atoms with E-state index in [-0.39, 0.29) is 6.04 Å². The minimum absolute atomic E-state index is 0.0765. The zero-order valence-corrected chi connectivity index (χ0v) is 14.7. The molecule has 1 aliphatic heterocycles. The van der Waals surface area contributed by atoms with Crippen molar-refractivity contribution in [2.75, 3.05) is 11.4 Å². The van der Waals surface area contributed by atoms with E-state index in [1.807, 2.05) is 35.2 Å². The van der Waals surface area contributed by atoms with E-state index in [4.69, 9.17) is 17.3 Å². The molecule has 4 nitrogen and oxygen atoms in total. The summed E-state index contributed by atoms with van der Waals surface area (Å²) in [5.74, 6) is 0.449. The van der Waals surface area contributed by atoms with Crippen LogP contribution >= 0.6 is 43.5 Å².